The van der Waals surface area contributed by atoms with Crippen molar-refractivity contribution in [3.05, 3.63) is 47.4 Å². The Morgan fingerprint density at radius 2 is 1.91 bits per heavy atom. The fourth-order valence-corrected chi connectivity index (χ4v) is 3.36. The number of ether oxygens (including phenoxy) is 1. The van der Waals surface area contributed by atoms with Crippen LogP contribution in [0.1, 0.15) is 29.9 Å². The van der Waals surface area contributed by atoms with E-state index < -0.39 is 0 Å². The molecule has 122 valence electrons. The lowest BCUT2D eigenvalue weighted by molar-refractivity contribution is 0.397. The third kappa shape index (κ3) is 4.01. The summed E-state index contributed by atoms with van der Waals surface area (Å²) in [5, 5.41) is 0. The molecule has 0 amide bonds. The molecule has 0 spiro atoms. The zero-order valence-corrected chi connectivity index (χ0v) is 14.2. The molecule has 2 aromatic rings. The van der Waals surface area contributed by atoms with Crippen LogP contribution in [0.5, 0.6) is 5.75 Å². The maximum atomic E-state index is 5.32. The van der Waals surface area contributed by atoms with Crippen LogP contribution in [-0.2, 0) is 6.42 Å². The molecule has 0 radical (unpaired) electrons. The minimum absolute atomic E-state index is 0.738. The van der Waals surface area contributed by atoms with Gasteiger partial charge in [0, 0.05) is 24.8 Å². The summed E-state index contributed by atoms with van der Waals surface area (Å²) in [6.45, 7) is 6.15. The number of methoxy groups -OCH3 is 1. The van der Waals surface area contributed by atoms with Crippen LogP contribution in [0.25, 0.3) is 0 Å². The third-order valence-corrected chi connectivity index (χ3v) is 4.55. The normalized spacial score (nSPS) is 15.7. The molecule has 0 saturated carbocycles. The lowest BCUT2D eigenvalue weighted by Gasteiger charge is -2.33. The Morgan fingerprint density at radius 3 is 2.61 bits per heavy atom. The molecule has 1 aromatic carbocycles. The molecule has 1 fully saturated rings. The van der Waals surface area contributed by atoms with Crippen LogP contribution in [0.2, 0.25) is 0 Å². The zero-order chi connectivity index (χ0) is 16.2. The Morgan fingerprint density at radius 1 is 1.13 bits per heavy atom. The van der Waals surface area contributed by atoms with Gasteiger partial charge in [-0.25, -0.2) is 9.97 Å². The van der Waals surface area contributed by atoms with Crippen molar-refractivity contribution in [3.63, 3.8) is 0 Å². The maximum Gasteiger partial charge on any atom is 0.132 e. The minimum Gasteiger partial charge on any atom is -0.497 e. The summed E-state index contributed by atoms with van der Waals surface area (Å²) in [5.41, 5.74) is 2.42. The van der Waals surface area contributed by atoms with Gasteiger partial charge in [-0.15, -0.1) is 0 Å². The van der Waals surface area contributed by atoms with Crippen molar-refractivity contribution in [1.82, 2.24) is 9.97 Å². The van der Waals surface area contributed by atoms with Crippen LogP contribution >= 0.6 is 0 Å². The molecule has 0 N–H and O–H groups in total. The largest absolute Gasteiger partial charge is 0.497 e. The Labute approximate surface area is 138 Å². The molecule has 0 bridgehead atoms. The van der Waals surface area contributed by atoms with Gasteiger partial charge in [0.2, 0.25) is 0 Å². The van der Waals surface area contributed by atoms with Crippen molar-refractivity contribution >= 4 is 5.82 Å². The number of aryl methyl sites for hydroxylation is 2. The van der Waals surface area contributed by atoms with Gasteiger partial charge in [0.1, 0.15) is 17.4 Å². The van der Waals surface area contributed by atoms with Crippen LogP contribution < -0.4 is 9.64 Å². The summed E-state index contributed by atoms with van der Waals surface area (Å²) in [4.78, 5) is 11.3. The van der Waals surface area contributed by atoms with E-state index in [0.717, 1.165) is 48.5 Å². The molecule has 1 aromatic heterocycles. The number of rotatable bonds is 4. The van der Waals surface area contributed by atoms with Crippen LogP contribution in [0.3, 0.4) is 0 Å². The Kier molecular flexibility index (Phi) is 4.79. The summed E-state index contributed by atoms with van der Waals surface area (Å²) < 4.78 is 5.32. The van der Waals surface area contributed by atoms with E-state index in [-0.39, 0.29) is 0 Å². The fraction of sp³-hybridized carbons (Fsp3) is 0.474. The monoisotopic (exact) mass is 311 g/mol. The predicted molar refractivity (Wildman–Crippen MR) is 93.1 cm³/mol. The van der Waals surface area contributed by atoms with E-state index >= 15 is 0 Å². The highest BCUT2D eigenvalue weighted by Gasteiger charge is 2.21. The molecule has 3 rings (SSSR count). The molecule has 1 saturated heterocycles. The molecular formula is C19H25N3O. The van der Waals surface area contributed by atoms with E-state index in [1.54, 1.807) is 7.11 Å². The lowest BCUT2D eigenvalue weighted by Crippen LogP contribution is -2.35. The highest BCUT2D eigenvalue weighted by molar-refractivity contribution is 5.40. The van der Waals surface area contributed by atoms with Crippen molar-refractivity contribution in [2.45, 2.75) is 33.1 Å². The SMILES string of the molecule is COc1cccc(CC2CCN(c3cc(C)nc(C)n3)CC2)c1. The first-order valence-corrected chi connectivity index (χ1v) is 8.34. The molecule has 4 heteroatoms. The molecule has 0 aliphatic carbocycles. The number of benzene rings is 1. The summed E-state index contributed by atoms with van der Waals surface area (Å²) in [7, 11) is 1.73. The average molecular weight is 311 g/mol. The van der Waals surface area contributed by atoms with Crippen molar-refractivity contribution in [3.8, 4) is 5.75 Å². The molecule has 0 unspecified atom stereocenters. The molecule has 1 aliphatic heterocycles. The van der Waals surface area contributed by atoms with Gasteiger partial charge >= 0.3 is 0 Å². The standard InChI is InChI=1S/C19H25N3O/c1-14-11-19(21-15(2)20-14)22-9-7-16(8-10-22)12-17-5-4-6-18(13-17)23-3/h4-6,11,13,16H,7-10,12H2,1-3H3. The summed E-state index contributed by atoms with van der Waals surface area (Å²) in [6, 6.07) is 10.5. The number of nitrogens with zero attached hydrogens (tertiary/aromatic N) is 3. The molecule has 0 atom stereocenters. The van der Waals surface area contributed by atoms with Gasteiger partial charge < -0.3 is 9.64 Å². The molecular weight excluding hydrogens is 286 g/mol. The van der Waals surface area contributed by atoms with Crippen LogP contribution in [0, 0.1) is 19.8 Å². The topological polar surface area (TPSA) is 38.2 Å². The highest BCUT2D eigenvalue weighted by Crippen LogP contribution is 2.26. The average Bonchev–Trinajstić information content (AvgIpc) is 2.55. The summed E-state index contributed by atoms with van der Waals surface area (Å²) in [5.74, 6) is 3.63. The van der Waals surface area contributed by atoms with E-state index in [2.05, 4.69) is 39.1 Å². The van der Waals surface area contributed by atoms with E-state index in [1.165, 1.54) is 18.4 Å². The second-order valence-electron chi connectivity index (χ2n) is 6.40. The second kappa shape index (κ2) is 6.99. The van der Waals surface area contributed by atoms with Gasteiger partial charge in [-0.3, -0.25) is 0 Å². The first-order chi connectivity index (χ1) is 11.1. The van der Waals surface area contributed by atoms with E-state index in [1.807, 2.05) is 19.9 Å². The first kappa shape index (κ1) is 15.8. The number of aromatic nitrogens is 2. The highest BCUT2D eigenvalue weighted by atomic mass is 16.5. The zero-order valence-electron chi connectivity index (χ0n) is 14.2. The van der Waals surface area contributed by atoms with Crippen molar-refractivity contribution in [2.75, 3.05) is 25.1 Å². The van der Waals surface area contributed by atoms with Crippen molar-refractivity contribution < 1.29 is 4.74 Å². The quantitative estimate of drug-likeness (QED) is 0.865. The molecule has 1 aliphatic rings. The van der Waals surface area contributed by atoms with Gasteiger partial charge in [0.15, 0.2) is 0 Å². The van der Waals surface area contributed by atoms with Gasteiger partial charge in [0.25, 0.3) is 0 Å². The number of anilines is 1. The summed E-state index contributed by atoms with van der Waals surface area (Å²) >= 11 is 0. The number of hydrogen-bond donors (Lipinski definition) is 0. The van der Waals surface area contributed by atoms with E-state index in [4.69, 9.17) is 4.74 Å². The summed E-state index contributed by atoms with van der Waals surface area (Å²) in [6.07, 6.45) is 3.55. The van der Waals surface area contributed by atoms with Crippen molar-refractivity contribution in [2.24, 2.45) is 5.92 Å². The Hall–Kier alpha value is -2.10. The Balaban J connectivity index is 1.59. The van der Waals surface area contributed by atoms with Crippen LogP contribution in [0.15, 0.2) is 30.3 Å². The molecule has 2 heterocycles. The Bertz CT molecular complexity index is 643. The van der Waals surface area contributed by atoms with E-state index in [0.29, 0.717) is 0 Å². The van der Waals surface area contributed by atoms with Gasteiger partial charge in [-0.2, -0.15) is 0 Å². The van der Waals surface area contributed by atoms with E-state index in [9.17, 15) is 0 Å². The maximum absolute atomic E-state index is 5.32. The van der Waals surface area contributed by atoms with Gasteiger partial charge in [-0.05, 0) is 56.7 Å². The predicted octanol–water partition coefficient (Wildman–Crippen LogP) is 3.56. The fourth-order valence-electron chi connectivity index (χ4n) is 3.36. The smallest absolute Gasteiger partial charge is 0.132 e. The van der Waals surface area contributed by atoms with Gasteiger partial charge in [0.05, 0.1) is 7.11 Å². The number of hydrogen-bond acceptors (Lipinski definition) is 4. The van der Waals surface area contributed by atoms with Crippen molar-refractivity contribution in [1.29, 1.82) is 0 Å². The molecule has 4 nitrogen and oxygen atoms in total. The first-order valence-electron chi connectivity index (χ1n) is 8.34. The minimum atomic E-state index is 0.738. The third-order valence-electron chi connectivity index (χ3n) is 4.55. The van der Waals surface area contributed by atoms with Crippen LogP contribution in [-0.4, -0.2) is 30.2 Å². The second-order valence-corrected chi connectivity index (χ2v) is 6.40. The van der Waals surface area contributed by atoms with Crippen LogP contribution in [0.4, 0.5) is 5.82 Å². The van der Waals surface area contributed by atoms with Gasteiger partial charge in [-0.1, -0.05) is 12.1 Å². The number of piperidine rings is 1. The molecule has 23 heavy (non-hydrogen) atoms. The lowest BCUT2D eigenvalue weighted by atomic mass is 9.90.